The molecule has 0 radical (unpaired) electrons. The van der Waals surface area contributed by atoms with E-state index >= 15 is 0 Å². The normalized spacial score (nSPS) is 11.7. The summed E-state index contributed by atoms with van der Waals surface area (Å²) in [6, 6.07) is 9.73. The molecular formula is C18H18F3N5O. The maximum Gasteiger partial charge on any atom is 0.453 e. The van der Waals surface area contributed by atoms with Gasteiger partial charge in [-0.25, -0.2) is 9.50 Å². The van der Waals surface area contributed by atoms with Crippen LogP contribution in [0.1, 0.15) is 28.3 Å². The Labute approximate surface area is 153 Å². The van der Waals surface area contributed by atoms with Crippen molar-refractivity contribution in [1.82, 2.24) is 24.9 Å². The molecule has 3 aromatic rings. The molecule has 27 heavy (non-hydrogen) atoms. The van der Waals surface area contributed by atoms with Gasteiger partial charge in [0.25, 0.3) is 11.6 Å². The minimum absolute atomic E-state index is 0.0105. The number of rotatable bonds is 5. The zero-order valence-corrected chi connectivity index (χ0v) is 14.8. The van der Waals surface area contributed by atoms with Crippen LogP contribution in [0.4, 0.5) is 13.2 Å². The summed E-state index contributed by atoms with van der Waals surface area (Å²) in [4.78, 5) is 19.7. The molecule has 6 nitrogen and oxygen atoms in total. The molecule has 3 rings (SSSR count). The van der Waals surface area contributed by atoms with E-state index in [9.17, 15) is 18.0 Å². The molecule has 0 aliphatic carbocycles. The molecule has 0 aliphatic rings. The van der Waals surface area contributed by atoms with Gasteiger partial charge in [0.1, 0.15) is 0 Å². The highest BCUT2D eigenvalue weighted by Gasteiger charge is 2.37. The second-order valence-electron chi connectivity index (χ2n) is 6.17. The number of carbonyl (C=O) groups is 1. The van der Waals surface area contributed by atoms with Crippen molar-refractivity contribution >= 4 is 11.7 Å². The van der Waals surface area contributed by atoms with Gasteiger partial charge in [0.2, 0.25) is 5.91 Å². The molecular weight excluding hydrogens is 359 g/mol. The molecule has 0 aliphatic heterocycles. The molecule has 142 valence electrons. The summed E-state index contributed by atoms with van der Waals surface area (Å²) < 4.78 is 39.5. The molecule has 1 aromatic carbocycles. The molecule has 1 N–H and O–H groups in total. The van der Waals surface area contributed by atoms with Crippen LogP contribution in [0.25, 0.3) is 5.78 Å². The zero-order valence-electron chi connectivity index (χ0n) is 14.8. The van der Waals surface area contributed by atoms with Crippen LogP contribution in [-0.2, 0) is 23.8 Å². The monoisotopic (exact) mass is 377 g/mol. The van der Waals surface area contributed by atoms with Crippen LogP contribution in [0, 0.1) is 13.8 Å². The third kappa shape index (κ3) is 4.24. The van der Waals surface area contributed by atoms with Gasteiger partial charge in [-0.3, -0.25) is 4.79 Å². The lowest BCUT2D eigenvalue weighted by atomic mass is 10.1. The number of halogens is 3. The number of hydrogen-bond donors (Lipinski definition) is 1. The van der Waals surface area contributed by atoms with Gasteiger partial charge in [-0.1, -0.05) is 30.3 Å². The minimum atomic E-state index is -4.65. The van der Waals surface area contributed by atoms with Gasteiger partial charge < -0.3 is 5.32 Å². The lowest BCUT2D eigenvalue weighted by Gasteiger charge is -2.11. The quantitative estimate of drug-likeness (QED) is 0.742. The van der Waals surface area contributed by atoms with E-state index in [1.807, 2.05) is 30.3 Å². The Bertz CT molecular complexity index is 967. The number of carbonyl (C=O) groups excluding carboxylic acids is 1. The summed E-state index contributed by atoms with van der Waals surface area (Å²) in [5.74, 6) is -1.61. The standard InChI is InChI=1S/C18H18F3N5O/c1-11-14(10-15(27)22-9-8-13-6-4-3-5-7-13)12(2)26-17(23-11)24-16(25-26)18(19,20)21/h3-7H,8-10H2,1-2H3,(H,22,27). The van der Waals surface area contributed by atoms with Crippen LogP contribution < -0.4 is 5.32 Å². The average molecular weight is 377 g/mol. The molecule has 0 fully saturated rings. The Balaban J connectivity index is 1.73. The molecule has 2 aromatic heterocycles. The van der Waals surface area contributed by atoms with E-state index in [0.717, 1.165) is 10.1 Å². The van der Waals surface area contributed by atoms with Crippen LogP contribution in [0.15, 0.2) is 30.3 Å². The SMILES string of the molecule is Cc1nc2nc(C(F)(F)F)nn2c(C)c1CC(=O)NCCc1ccccc1. The Hall–Kier alpha value is -2.97. The zero-order chi connectivity index (χ0) is 19.6. The number of benzene rings is 1. The van der Waals surface area contributed by atoms with E-state index in [2.05, 4.69) is 20.4 Å². The third-order valence-electron chi connectivity index (χ3n) is 4.22. The number of amides is 1. The van der Waals surface area contributed by atoms with E-state index in [1.165, 1.54) is 0 Å². The highest BCUT2D eigenvalue weighted by Crippen LogP contribution is 2.27. The smallest absolute Gasteiger partial charge is 0.355 e. The van der Waals surface area contributed by atoms with E-state index in [-0.39, 0.29) is 18.1 Å². The lowest BCUT2D eigenvalue weighted by Crippen LogP contribution is -2.28. The molecule has 1 amide bonds. The summed E-state index contributed by atoms with van der Waals surface area (Å²) in [5, 5.41) is 6.30. The molecule has 0 saturated carbocycles. The molecule has 2 heterocycles. The molecule has 0 bridgehead atoms. The summed E-state index contributed by atoms with van der Waals surface area (Å²) >= 11 is 0. The first kappa shape index (κ1) is 18.8. The third-order valence-corrected chi connectivity index (χ3v) is 4.22. The first-order valence-corrected chi connectivity index (χ1v) is 8.36. The first-order chi connectivity index (χ1) is 12.8. The molecule has 0 saturated heterocycles. The van der Waals surface area contributed by atoms with Crippen molar-refractivity contribution in [2.75, 3.05) is 6.54 Å². The number of alkyl halides is 3. The number of aryl methyl sites for hydroxylation is 2. The van der Waals surface area contributed by atoms with Crippen molar-refractivity contribution in [1.29, 1.82) is 0 Å². The fraction of sp³-hybridized carbons (Fsp3) is 0.333. The average Bonchev–Trinajstić information content (AvgIpc) is 3.04. The molecule has 0 spiro atoms. The molecule has 0 unspecified atom stereocenters. The second-order valence-corrected chi connectivity index (χ2v) is 6.17. The van der Waals surface area contributed by atoms with Crippen LogP contribution in [-0.4, -0.2) is 32.0 Å². The van der Waals surface area contributed by atoms with E-state index in [4.69, 9.17) is 0 Å². The number of aromatic nitrogens is 4. The second kappa shape index (κ2) is 7.34. The highest BCUT2D eigenvalue weighted by molar-refractivity contribution is 5.79. The Morgan fingerprint density at radius 3 is 2.52 bits per heavy atom. The molecule has 9 heteroatoms. The maximum absolute atomic E-state index is 12.8. The van der Waals surface area contributed by atoms with Gasteiger partial charge in [0, 0.05) is 23.5 Å². The fourth-order valence-electron chi connectivity index (χ4n) is 2.80. The van der Waals surface area contributed by atoms with E-state index in [0.29, 0.717) is 29.9 Å². The van der Waals surface area contributed by atoms with Crippen LogP contribution in [0.3, 0.4) is 0 Å². The summed E-state index contributed by atoms with van der Waals surface area (Å²) in [5.41, 5.74) is 2.52. The van der Waals surface area contributed by atoms with Gasteiger partial charge in [-0.2, -0.15) is 18.2 Å². The Kier molecular flexibility index (Phi) is 5.11. The van der Waals surface area contributed by atoms with Gasteiger partial charge >= 0.3 is 6.18 Å². The van der Waals surface area contributed by atoms with Crippen LogP contribution in [0.5, 0.6) is 0 Å². The fourth-order valence-corrected chi connectivity index (χ4v) is 2.80. The van der Waals surface area contributed by atoms with Crippen LogP contribution in [0.2, 0.25) is 0 Å². The summed E-state index contributed by atoms with van der Waals surface area (Å²) in [6.45, 7) is 3.71. The van der Waals surface area contributed by atoms with Crippen molar-refractivity contribution in [3.05, 3.63) is 58.7 Å². The highest BCUT2D eigenvalue weighted by atomic mass is 19.4. The van der Waals surface area contributed by atoms with Gasteiger partial charge in [0.05, 0.1) is 6.42 Å². The Morgan fingerprint density at radius 2 is 1.85 bits per heavy atom. The van der Waals surface area contributed by atoms with Crippen molar-refractivity contribution in [2.45, 2.75) is 32.9 Å². The Morgan fingerprint density at radius 1 is 1.15 bits per heavy atom. The van der Waals surface area contributed by atoms with Crippen molar-refractivity contribution in [3.8, 4) is 0 Å². The van der Waals surface area contributed by atoms with Crippen molar-refractivity contribution in [2.24, 2.45) is 0 Å². The largest absolute Gasteiger partial charge is 0.453 e. The number of hydrogen-bond acceptors (Lipinski definition) is 4. The summed E-state index contributed by atoms with van der Waals surface area (Å²) in [6.07, 6.45) is -3.94. The number of nitrogens with one attached hydrogen (secondary N) is 1. The predicted molar refractivity (Wildman–Crippen MR) is 92.1 cm³/mol. The predicted octanol–water partition coefficient (Wildman–Crippen LogP) is 2.66. The van der Waals surface area contributed by atoms with Gasteiger partial charge in [-0.15, -0.1) is 5.10 Å². The van der Waals surface area contributed by atoms with E-state index in [1.54, 1.807) is 13.8 Å². The first-order valence-electron chi connectivity index (χ1n) is 8.36. The van der Waals surface area contributed by atoms with E-state index < -0.39 is 12.0 Å². The van der Waals surface area contributed by atoms with Crippen molar-refractivity contribution in [3.63, 3.8) is 0 Å². The topological polar surface area (TPSA) is 72.2 Å². The lowest BCUT2D eigenvalue weighted by molar-refractivity contribution is -0.144. The van der Waals surface area contributed by atoms with Gasteiger partial charge in [-0.05, 0) is 25.8 Å². The molecule has 0 atom stereocenters. The van der Waals surface area contributed by atoms with Crippen molar-refractivity contribution < 1.29 is 18.0 Å². The van der Waals surface area contributed by atoms with Crippen LogP contribution >= 0.6 is 0 Å². The number of fused-ring (bicyclic) bond motifs is 1. The van der Waals surface area contributed by atoms with Gasteiger partial charge in [0.15, 0.2) is 0 Å². The number of nitrogens with zero attached hydrogens (tertiary/aromatic N) is 4. The maximum atomic E-state index is 12.8. The summed E-state index contributed by atoms with van der Waals surface area (Å²) in [7, 11) is 0. The minimum Gasteiger partial charge on any atom is -0.355 e.